The van der Waals surface area contributed by atoms with Crippen LogP contribution >= 0.6 is 0 Å². The van der Waals surface area contributed by atoms with Crippen LogP contribution in [0.2, 0.25) is 0 Å². The summed E-state index contributed by atoms with van der Waals surface area (Å²) in [7, 11) is 0. The van der Waals surface area contributed by atoms with Crippen molar-refractivity contribution in [3.05, 3.63) is 65.2 Å². The first-order chi connectivity index (χ1) is 9.66. The van der Waals surface area contributed by atoms with Gasteiger partial charge < -0.3 is 5.32 Å². The molecule has 0 saturated heterocycles. The Balaban J connectivity index is 1.69. The molecule has 0 aliphatic heterocycles. The standard InChI is InChI=1S/C18H19NO/c1-12-7-6-10-17(13(12)2)19-18(20)16-11-15(16)14-8-4-3-5-9-14/h3-10,15-16H,11H2,1-2H3,(H,19,20)/t15-,16+/m1/s1. The summed E-state index contributed by atoms with van der Waals surface area (Å²) >= 11 is 0. The van der Waals surface area contributed by atoms with Crippen molar-refractivity contribution in [1.82, 2.24) is 0 Å². The Bertz CT molecular complexity index is 633. The summed E-state index contributed by atoms with van der Waals surface area (Å²) in [6, 6.07) is 16.3. The summed E-state index contributed by atoms with van der Waals surface area (Å²) < 4.78 is 0. The third-order valence-electron chi connectivity index (χ3n) is 4.22. The zero-order valence-electron chi connectivity index (χ0n) is 11.9. The van der Waals surface area contributed by atoms with Gasteiger partial charge >= 0.3 is 0 Å². The first kappa shape index (κ1) is 12.9. The van der Waals surface area contributed by atoms with E-state index in [0.717, 1.165) is 17.7 Å². The molecule has 1 amide bonds. The Morgan fingerprint density at radius 2 is 1.80 bits per heavy atom. The highest BCUT2D eigenvalue weighted by Crippen LogP contribution is 2.47. The highest BCUT2D eigenvalue weighted by Gasteiger charge is 2.43. The van der Waals surface area contributed by atoms with Crippen LogP contribution in [-0.4, -0.2) is 5.91 Å². The predicted molar refractivity (Wildman–Crippen MR) is 81.8 cm³/mol. The molecule has 0 aromatic heterocycles. The summed E-state index contributed by atoms with van der Waals surface area (Å²) in [5.41, 5.74) is 4.57. The molecule has 20 heavy (non-hydrogen) atoms. The minimum Gasteiger partial charge on any atom is -0.326 e. The van der Waals surface area contributed by atoms with Gasteiger partial charge in [0.15, 0.2) is 0 Å². The number of benzene rings is 2. The van der Waals surface area contributed by atoms with E-state index in [1.165, 1.54) is 11.1 Å². The van der Waals surface area contributed by atoms with E-state index in [0.29, 0.717) is 5.92 Å². The third kappa shape index (κ3) is 2.46. The highest BCUT2D eigenvalue weighted by atomic mass is 16.2. The Morgan fingerprint density at radius 1 is 1.05 bits per heavy atom. The van der Waals surface area contributed by atoms with Crippen LogP contribution in [0, 0.1) is 19.8 Å². The molecule has 2 atom stereocenters. The molecule has 2 aromatic rings. The van der Waals surface area contributed by atoms with Gasteiger partial charge in [0.25, 0.3) is 0 Å². The maximum Gasteiger partial charge on any atom is 0.228 e. The molecule has 1 aliphatic rings. The van der Waals surface area contributed by atoms with Crippen molar-refractivity contribution in [2.75, 3.05) is 5.32 Å². The zero-order chi connectivity index (χ0) is 14.1. The van der Waals surface area contributed by atoms with Crippen molar-refractivity contribution in [3.63, 3.8) is 0 Å². The van der Waals surface area contributed by atoms with Crippen LogP contribution in [0.25, 0.3) is 0 Å². The summed E-state index contributed by atoms with van der Waals surface area (Å²) in [5.74, 6) is 0.659. The summed E-state index contributed by atoms with van der Waals surface area (Å²) in [6.45, 7) is 4.11. The van der Waals surface area contributed by atoms with Gasteiger partial charge in [0.05, 0.1) is 0 Å². The minimum atomic E-state index is 0.123. The van der Waals surface area contributed by atoms with Crippen LogP contribution < -0.4 is 5.32 Å². The van der Waals surface area contributed by atoms with Gasteiger partial charge in [0.1, 0.15) is 0 Å². The largest absolute Gasteiger partial charge is 0.326 e. The third-order valence-corrected chi connectivity index (χ3v) is 4.22. The molecule has 2 nitrogen and oxygen atoms in total. The van der Waals surface area contributed by atoms with E-state index >= 15 is 0 Å². The molecule has 2 aromatic carbocycles. The Labute approximate surface area is 119 Å². The van der Waals surface area contributed by atoms with Crippen LogP contribution in [0.3, 0.4) is 0 Å². The van der Waals surface area contributed by atoms with E-state index in [1.807, 2.05) is 37.3 Å². The smallest absolute Gasteiger partial charge is 0.228 e. The van der Waals surface area contributed by atoms with Crippen LogP contribution in [0.15, 0.2) is 48.5 Å². The zero-order valence-corrected chi connectivity index (χ0v) is 11.9. The summed E-state index contributed by atoms with van der Waals surface area (Å²) in [4.78, 5) is 12.3. The molecular formula is C18H19NO. The first-order valence-electron chi connectivity index (χ1n) is 7.09. The van der Waals surface area contributed by atoms with E-state index in [1.54, 1.807) is 0 Å². The molecule has 1 fully saturated rings. The number of carbonyl (C=O) groups excluding carboxylic acids is 1. The molecule has 0 spiro atoms. The lowest BCUT2D eigenvalue weighted by molar-refractivity contribution is -0.117. The quantitative estimate of drug-likeness (QED) is 0.891. The number of hydrogen-bond acceptors (Lipinski definition) is 1. The number of rotatable bonds is 3. The number of anilines is 1. The molecule has 2 heteroatoms. The monoisotopic (exact) mass is 265 g/mol. The van der Waals surface area contributed by atoms with Gasteiger partial charge in [-0.3, -0.25) is 4.79 Å². The number of hydrogen-bond donors (Lipinski definition) is 1. The molecular weight excluding hydrogens is 246 g/mol. The fourth-order valence-corrected chi connectivity index (χ4v) is 2.67. The fourth-order valence-electron chi connectivity index (χ4n) is 2.67. The van der Waals surface area contributed by atoms with Crippen LogP contribution in [0.1, 0.15) is 29.0 Å². The Kier molecular flexibility index (Phi) is 3.31. The predicted octanol–water partition coefficient (Wildman–Crippen LogP) is 4.05. The fraction of sp³-hybridized carbons (Fsp3) is 0.278. The second-order valence-electron chi connectivity index (χ2n) is 5.60. The van der Waals surface area contributed by atoms with E-state index in [2.05, 4.69) is 30.4 Å². The van der Waals surface area contributed by atoms with Crippen molar-refractivity contribution in [1.29, 1.82) is 0 Å². The van der Waals surface area contributed by atoms with Crippen molar-refractivity contribution < 1.29 is 4.79 Å². The van der Waals surface area contributed by atoms with Crippen molar-refractivity contribution in [2.45, 2.75) is 26.2 Å². The number of amides is 1. The molecule has 102 valence electrons. The van der Waals surface area contributed by atoms with Crippen LogP contribution in [0.4, 0.5) is 5.69 Å². The van der Waals surface area contributed by atoms with Gasteiger partial charge in [-0.05, 0) is 48.9 Å². The first-order valence-corrected chi connectivity index (χ1v) is 7.09. The lowest BCUT2D eigenvalue weighted by Crippen LogP contribution is -2.15. The van der Waals surface area contributed by atoms with Crippen molar-refractivity contribution >= 4 is 11.6 Å². The van der Waals surface area contributed by atoms with Gasteiger partial charge in [-0.2, -0.15) is 0 Å². The second-order valence-corrected chi connectivity index (χ2v) is 5.60. The Hall–Kier alpha value is -2.09. The average molecular weight is 265 g/mol. The van der Waals surface area contributed by atoms with Crippen molar-refractivity contribution in [2.24, 2.45) is 5.92 Å². The van der Waals surface area contributed by atoms with Crippen LogP contribution in [0.5, 0.6) is 0 Å². The molecule has 3 rings (SSSR count). The van der Waals surface area contributed by atoms with E-state index in [-0.39, 0.29) is 11.8 Å². The topological polar surface area (TPSA) is 29.1 Å². The molecule has 0 radical (unpaired) electrons. The lowest BCUT2D eigenvalue weighted by atomic mass is 10.1. The number of aryl methyl sites for hydroxylation is 1. The van der Waals surface area contributed by atoms with E-state index in [9.17, 15) is 4.79 Å². The second kappa shape index (κ2) is 5.12. The lowest BCUT2D eigenvalue weighted by Gasteiger charge is -2.10. The van der Waals surface area contributed by atoms with Gasteiger partial charge in [-0.25, -0.2) is 0 Å². The van der Waals surface area contributed by atoms with Gasteiger partial charge in [-0.15, -0.1) is 0 Å². The molecule has 1 saturated carbocycles. The molecule has 0 bridgehead atoms. The maximum absolute atomic E-state index is 12.3. The van der Waals surface area contributed by atoms with Gasteiger partial charge in [0.2, 0.25) is 5.91 Å². The van der Waals surface area contributed by atoms with Crippen LogP contribution in [-0.2, 0) is 4.79 Å². The average Bonchev–Trinajstić information content (AvgIpc) is 3.25. The molecule has 0 unspecified atom stereocenters. The number of nitrogens with one attached hydrogen (secondary N) is 1. The molecule has 0 heterocycles. The summed E-state index contributed by atoms with van der Waals surface area (Å²) in [6.07, 6.45) is 0.959. The number of carbonyl (C=O) groups is 1. The van der Waals surface area contributed by atoms with E-state index < -0.39 is 0 Å². The molecule has 1 N–H and O–H groups in total. The minimum absolute atomic E-state index is 0.123. The summed E-state index contributed by atoms with van der Waals surface area (Å²) in [5, 5.41) is 3.07. The van der Waals surface area contributed by atoms with E-state index in [4.69, 9.17) is 0 Å². The maximum atomic E-state index is 12.3. The van der Waals surface area contributed by atoms with Gasteiger partial charge in [0, 0.05) is 11.6 Å². The molecule has 1 aliphatic carbocycles. The van der Waals surface area contributed by atoms with Gasteiger partial charge in [-0.1, -0.05) is 42.5 Å². The highest BCUT2D eigenvalue weighted by molar-refractivity contribution is 5.96. The van der Waals surface area contributed by atoms with Crippen molar-refractivity contribution in [3.8, 4) is 0 Å². The SMILES string of the molecule is Cc1cccc(NC(=O)[C@H]2C[C@@H]2c2ccccc2)c1C. The Morgan fingerprint density at radius 3 is 2.55 bits per heavy atom. The normalized spacial score (nSPS) is 20.5.